The molecular formula is C14H21NO2S. The van der Waals surface area contributed by atoms with Crippen molar-refractivity contribution in [2.45, 2.75) is 19.8 Å². The molecule has 3 nitrogen and oxygen atoms in total. The van der Waals surface area contributed by atoms with Crippen molar-refractivity contribution in [3.8, 4) is 0 Å². The summed E-state index contributed by atoms with van der Waals surface area (Å²) >= 11 is 1.75. The lowest BCUT2D eigenvalue weighted by molar-refractivity contribution is 0.0955. The van der Waals surface area contributed by atoms with Gasteiger partial charge in [0.2, 0.25) is 0 Å². The van der Waals surface area contributed by atoms with Crippen LogP contribution in [0.25, 0.3) is 0 Å². The summed E-state index contributed by atoms with van der Waals surface area (Å²) in [5.74, 6) is 1.84. The van der Waals surface area contributed by atoms with Crippen molar-refractivity contribution in [1.29, 1.82) is 0 Å². The average Bonchev–Trinajstić information content (AvgIpc) is 2.42. The van der Waals surface area contributed by atoms with Crippen molar-refractivity contribution in [1.82, 2.24) is 5.32 Å². The largest absolute Gasteiger partial charge is 0.396 e. The molecule has 0 bridgehead atoms. The predicted molar refractivity (Wildman–Crippen MR) is 77.2 cm³/mol. The molecule has 0 spiro atoms. The first-order valence-electron chi connectivity index (χ1n) is 6.34. The number of amides is 1. The molecule has 0 aliphatic heterocycles. The van der Waals surface area contributed by atoms with E-state index in [9.17, 15) is 4.79 Å². The first-order valence-corrected chi connectivity index (χ1v) is 7.49. The summed E-state index contributed by atoms with van der Waals surface area (Å²) in [4.78, 5) is 12.0. The van der Waals surface area contributed by atoms with Gasteiger partial charge in [0.05, 0.1) is 0 Å². The minimum atomic E-state index is 0.00945. The van der Waals surface area contributed by atoms with Crippen LogP contribution in [-0.2, 0) is 6.42 Å². The molecule has 0 fully saturated rings. The number of nitrogens with one attached hydrogen (secondary N) is 1. The standard InChI is InChI=1S/C14H21NO2S/c1-2-12-6-3-4-7-13(12)14(17)15-8-11-18-10-5-9-16/h3-4,6-7,16H,2,5,8-11H2,1H3,(H,15,17). The molecule has 1 aromatic carbocycles. The maximum Gasteiger partial charge on any atom is 0.251 e. The van der Waals surface area contributed by atoms with Gasteiger partial charge in [-0.3, -0.25) is 4.79 Å². The highest BCUT2D eigenvalue weighted by molar-refractivity contribution is 7.99. The number of hydrogen-bond donors (Lipinski definition) is 2. The zero-order valence-corrected chi connectivity index (χ0v) is 11.6. The number of thioether (sulfide) groups is 1. The number of carbonyl (C=O) groups excluding carboxylic acids is 1. The molecule has 100 valence electrons. The van der Waals surface area contributed by atoms with E-state index in [0.717, 1.165) is 35.5 Å². The number of rotatable bonds is 8. The van der Waals surface area contributed by atoms with Crippen LogP contribution in [0.3, 0.4) is 0 Å². The average molecular weight is 267 g/mol. The van der Waals surface area contributed by atoms with Crippen LogP contribution in [0.2, 0.25) is 0 Å². The maximum atomic E-state index is 12.0. The molecule has 2 N–H and O–H groups in total. The zero-order chi connectivity index (χ0) is 13.2. The van der Waals surface area contributed by atoms with Crippen LogP contribution >= 0.6 is 11.8 Å². The van der Waals surface area contributed by atoms with Gasteiger partial charge in [-0.15, -0.1) is 0 Å². The highest BCUT2D eigenvalue weighted by atomic mass is 32.2. The molecule has 0 saturated carbocycles. The lowest BCUT2D eigenvalue weighted by Crippen LogP contribution is -2.26. The van der Waals surface area contributed by atoms with Gasteiger partial charge in [-0.25, -0.2) is 0 Å². The van der Waals surface area contributed by atoms with Crippen molar-refractivity contribution in [3.05, 3.63) is 35.4 Å². The Morgan fingerprint density at radius 2 is 2.11 bits per heavy atom. The fourth-order valence-electron chi connectivity index (χ4n) is 1.65. The molecule has 0 heterocycles. The number of aliphatic hydroxyl groups excluding tert-OH is 1. The highest BCUT2D eigenvalue weighted by Crippen LogP contribution is 2.09. The van der Waals surface area contributed by atoms with E-state index in [-0.39, 0.29) is 12.5 Å². The minimum absolute atomic E-state index is 0.00945. The topological polar surface area (TPSA) is 49.3 Å². The van der Waals surface area contributed by atoms with Crippen LogP contribution in [0.15, 0.2) is 24.3 Å². The van der Waals surface area contributed by atoms with Crippen molar-refractivity contribution >= 4 is 17.7 Å². The van der Waals surface area contributed by atoms with Gasteiger partial charge in [0, 0.05) is 24.5 Å². The zero-order valence-electron chi connectivity index (χ0n) is 10.8. The van der Waals surface area contributed by atoms with Gasteiger partial charge in [0.1, 0.15) is 0 Å². The maximum absolute atomic E-state index is 12.0. The molecule has 0 radical (unpaired) electrons. The molecule has 1 amide bonds. The SMILES string of the molecule is CCc1ccccc1C(=O)NCCSCCCO. The van der Waals surface area contributed by atoms with Crippen LogP contribution in [0.4, 0.5) is 0 Å². The molecule has 0 saturated heterocycles. The molecule has 0 aromatic heterocycles. The van der Waals surface area contributed by atoms with E-state index >= 15 is 0 Å². The number of carbonyl (C=O) groups is 1. The van der Waals surface area contributed by atoms with E-state index in [1.807, 2.05) is 24.3 Å². The van der Waals surface area contributed by atoms with Crippen LogP contribution < -0.4 is 5.32 Å². The second-order valence-electron chi connectivity index (χ2n) is 3.96. The quantitative estimate of drug-likeness (QED) is 0.709. The normalized spacial score (nSPS) is 10.3. The predicted octanol–water partition coefficient (Wildman–Crippen LogP) is 2.09. The van der Waals surface area contributed by atoms with Gasteiger partial charge in [0.15, 0.2) is 0 Å². The van der Waals surface area contributed by atoms with E-state index in [0.29, 0.717) is 6.54 Å². The summed E-state index contributed by atoms with van der Waals surface area (Å²) in [6, 6.07) is 7.71. The Kier molecular flexibility index (Phi) is 7.53. The van der Waals surface area contributed by atoms with Gasteiger partial charge in [-0.1, -0.05) is 25.1 Å². The summed E-state index contributed by atoms with van der Waals surface area (Å²) in [6.45, 7) is 2.97. The Morgan fingerprint density at radius 1 is 1.33 bits per heavy atom. The van der Waals surface area contributed by atoms with Crippen molar-refractivity contribution in [2.24, 2.45) is 0 Å². The molecule has 0 atom stereocenters. The van der Waals surface area contributed by atoms with E-state index < -0.39 is 0 Å². The number of aryl methyl sites for hydroxylation is 1. The Labute approximate surface area is 113 Å². The molecule has 1 rings (SSSR count). The molecule has 4 heteroatoms. The van der Waals surface area contributed by atoms with Crippen LogP contribution in [0.5, 0.6) is 0 Å². The van der Waals surface area contributed by atoms with E-state index in [1.165, 1.54) is 0 Å². The molecule has 18 heavy (non-hydrogen) atoms. The summed E-state index contributed by atoms with van der Waals surface area (Å²) in [7, 11) is 0. The number of aliphatic hydroxyl groups is 1. The van der Waals surface area contributed by atoms with Gasteiger partial charge in [0.25, 0.3) is 5.91 Å². The van der Waals surface area contributed by atoms with Crippen molar-refractivity contribution in [3.63, 3.8) is 0 Å². The Morgan fingerprint density at radius 3 is 2.83 bits per heavy atom. The monoisotopic (exact) mass is 267 g/mol. The van der Waals surface area contributed by atoms with Crippen LogP contribution in [-0.4, -0.2) is 35.7 Å². The second-order valence-corrected chi connectivity index (χ2v) is 5.18. The summed E-state index contributed by atoms with van der Waals surface area (Å²) in [5, 5.41) is 11.6. The second kappa shape index (κ2) is 9.00. The molecule has 0 unspecified atom stereocenters. The fourth-order valence-corrected chi connectivity index (χ4v) is 2.43. The summed E-state index contributed by atoms with van der Waals surface area (Å²) < 4.78 is 0. The van der Waals surface area contributed by atoms with Crippen molar-refractivity contribution < 1.29 is 9.90 Å². The van der Waals surface area contributed by atoms with Gasteiger partial charge < -0.3 is 10.4 Å². The van der Waals surface area contributed by atoms with Crippen molar-refractivity contribution in [2.75, 3.05) is 24.7 Å². The van der Waals surface area contributed by atoms with E-state index in [1.54, 1.807) is 11.8 Å². The summed E-state index contributed by atoms with van der Waals surface area (Å²) in [6.07, 6.45) is 1.69. The number of benzene rings is 1. The highest BCUT2D eigenvalue weighted by Gasteiger charge is 2.08. The van der Waals surface area contributed by atoms with E-state index in [2.05, 4.69) is 12.2 Å². The third-order valence-electron chi connectivity index (χ3n) is 2.62. The minimum Gasteiger partial charge on any atom is -0.396 e. The lowest BCUT2D eigenvalue weighted by atomic mass is 10.1. The van der Waals surface area contributed by atoms with Crippen LogP contribution in [0, 0.1) is 0 Å². The van der Waals surface area contributed by atoms with Gasteiger partial charge in [-0.05, 0) is 30.2 Å². The van der Waals surface area contributed by atoms with E-state index in [4.69, 9.17) is 5.11 Å². The third kappa shape index (κ3) is 5.10. The molecular weight excluding hydrogens is 246 g/mol. The molecule has 1 aromatic rings. The fraction of sp³-hybridized carbons (Fsp3) is 0.500. The van der Waals surface area contributed by atoms with Gasteiger partial charge >= 0.3 is 0 Å². The Bertz CT molecular complexity index is 369. The summed E-state index contributed by atoms with van der Waals surface area (Å²) in [5.41, 5.74) is 1.86. The first-order chi connectivity index (χ1) is 8.79. The molecule has 0 aliphatic rings. The smallest absolute Gasteiger partial charge is 0.251 e. The van der Waals surface area contributed by atoms with Crippen LogP contribution in [0.1, 0.15) is 29.3 Å². The first kappa shape index (κ1) is 15.1. The van der Waals surface area contributed by atoms with Gasteiger partial charge in [-0.2, -0.15) is 11.8 Å². The third-order valence-corrected chi connectivity index (χ3v) is 3.69. The molecule has 0 aliphatic carbocycles. The Hall–Kier alpha value is -1.00. The lowest BCUT2D eigenvalue weighted by Gasteiger charge is -2.08. The Balaban J connectivity index is 2.32. The number of hydrogen-bond acceptors (Lipinski definition) is 3.